The van der Waals surface area contributed by atoms with Crippen LogP contribution in [0.3, 0.4) is 0 Å². The predicted octanol–water partition coefficient (Wildman–Crippen LogP) is 2.09. The van der Waals surface area contributed by atoms with Gasteiger partial charge in [-0.25, -0.2) is 4.79 Å². The maximum absolute atomic E-state index is 12.3. The Balaban J connectivity index is 1.86. The molecule has 3 rings (SSSR count). The number of carbonyl (C=O) groups is 2. The maximum Gasteiger partial charge on any atom is 0.410 e. The van der Waals surface area contributed by atoms with Gasteiger partial charge in [-0.3, -0.25) is 4.79 Å². The van der Waals surface area contributed by atoms with Crippen LogP contribution < -0.4 is 5.32 Å². The van der Waals surface area contributed by atoms with Crippen molar-refractivity contribution >= 4 is 12.0 Å². The molecule has 0 aromatic heterocycles. The van der Waals surface area contributed by atoms with E-state index in [1.807, 2.05) is 20.8 Å². The van der Waals surface area contributed by atoms with Crippen molar-refractivity contribution in [3.05, 3.63) is 29.3 Å². The summed E-state index contributed by atoms with van der Waals surface area (Å²) in [5, 5.41) is 12.5. The molecule has 2 N–H and O–H groups in total. The number of rotatable bonds is 0. The minimum atomic E-state index is -0.528. The van der Waals surface area contributed by atoms with Crippen LogP contribution in [-0.4, -0.2) is 47.2 Å². The van der Waals surface area contributed by atoms with Crippen molar-refractivity contribution in [1.82, 2.24) is 10.2 Å². The molecule has 1 aromatic carbocycles. The van der Waals surface area contributed by atoms with Crippen molar-refractivity contribution in [3.63, 3.8) is 0 Å². The second-order valence-electron chi connectivity index (χ2n) is 7.23. The quantitative estimate of drug-likeness (QED) is 0.768. The summed E-state index contributed by atoms with van der Waals surface area (Å²) in [4.78, 5) is 26.2. The van der Waals surface area contributed by atoms with Gasteiger partial charge in [-0.1, -0.05) is 6.07 Å². The highest BCUT2D eigenvalue weighted by molar-refractivity contribution is 5.96. The molecule has 2 heterocycles. The minimum Gasteiger partial charge on any atom is -0.508 e. The van der Waals surface area contributed by atoms with Crippen molar-refractivity contribution < 1.29 is 19.4 Å². The molecule has 6 heteroatoms. The van der Waals surface area contributed by atoms with Crippen LogP contribution >= 0.6 is 0 Å². The zero-order chi connectivity index (χ0) is 16.8. The second-order valence-corrected chi connectivity index (χ2v) is 7.23. The third-order valence-electron chi connectivity index (χ3n) is 4.30. The number of likely N-dealkylation sites (tertiary alicyclic amines) is 1. The van der Waals surface area contributed by atoms with E-state index in [1.165, 1.54) is 6.07 Å². The second kappa shape index (κ2) is 5.44. The van der Waals surface area contributed by atoms with Crippen LogP contribution in [0.4, 0.5) is 4.79 Å². The zero-order valence-corrected chi connectivity index (χ0v) is 13.6. The molecule has 0 aliphatic carbocycles. The number of hydrogen-bond acceptors (Lipinski definition) is 4. The van der Waals surface area contributed by atoms with E-state index in [-0.39, 0.29) is 29.6 Å². The van der Waals surface area contributed by atoms with Crippen LogP contribution in [0.5, 0.6) is 5.75 Å². The normalized spacial score (nSPS) is 23.6. The molecule has 0 spiro atoms. The smallest absolute Gasteiger partial charge is 0.410 e. The van der Waals surface area contributed by atoms with Gasteiger partial charge >= 0.3 is 6.09 Å². The van der Waals surface area contributed by atoms with Gasteiger partial charge in [-0.2, -0.15) is 0 Å². The van der Waals surface area contributed by atoms with Crippen molar-refractivity contribution in [2.45, 2.75) is 32.3 Å². The number of fused-ring (bicyclic) bond motifs is 3. The molecule has 2 amide bonds. The highest BCUT2D eigenvalue weighted by Gasteiger charge is 2.41. The van der Waals surface area contributed by atoms with Crippen molar-refractivity contribution in [2.24, 2.45) is 5.92 Å². The first-order chi connectivity index (χ1) is 10.7. The lowest BCUT2D eigenvalue weighted by molar-refractivity contribution is 0.0287. The average Bonchev–Trinajstić information content (AvgIpc) is 2.82. The van der Waals surface area contributed by atoms with E-state index in [0.717, 1.165) is 5.56 Å². The molecule has 2 aliphatic heterocycles. The zero-order valence-electron chi connectivity index (χ0n) is 13.6. The molecule has 23 heavy (non-hydrogen) atoms. The SMILES string of the molecule is CC(C)(C)OC(=O)N1CC2CNC(=O)c3cc(O)ccc3C2C1. The number of nitrogens with one attached hydrogen (secondary N) is 1. The molecule has 124 valence electrons. The van der Waals surface area contributed by atoms with Crippen LogP contribution in [0.1, 0.15) is 42.6 Å². The minimum absolute atomic E-state index is 0.0667. The molecule has 1 saturated heterocycles. The first-order valence-corrected chi connectivity index (χ1v) is 7.83. The Labute approximate surface area is 135 Å². The summed E-state index contributed by atoms with van der Waals surface area (Å²) in [7, 11) is 0. The molecule has 1 aromatic rings. The summed E-state index contributed by atoms with van der Waals surface area (Å²) in [6.45, 7) is 7.12. The fourth-order valence-corrected chi connectivity index (χ4v) is 3.29. The third kappa shape index (κ3) is 3.11. The third-order valence-corrected chi connectivity index (χ3v) is 4.30. The summed E-state index contributed by atoms with van der Waals surface area (Å²) in [5.41, 5.74) is 0.844. The van der Waals surface area contributed by atoms with Gasteiger partial charge in [0.25, 0.3) is 5.91 Å². The molecule has 2 unspecified atom stereocenters. The van der Waals surface area contributed by atoms with Gasteiger partial charge in [0.1, 0.15) is 11.4 Å². The number of carbonyl (C=O) groups excluding carboxylic acids is 2. The van der Waals surface area contributed by atoms with Crippen LogP contribution in [0.25, 0.3) is 0 Å². The molecule has 0 saturated carbocycles. The van der Waals surface area contributed by atoms with E-state index >= 15 is 0 Å². The van der Waals surface area contributed by atoms with E-state index < -0.39 is 5.60 Å². The van der Waals surface area contributed by atoms with Gasteiger partial charge in [-0.05, 0) is 38.5 Å². The van der Waals surface area contributed by atoms with Gasteiger partial charge in [0.05, 0.1) is 0 Å². The van der Waals surface area contributed by atoms with Gasteiger partial charge in [-0.15, -0.1) is 0 Å². The summed E-state index contributed by atoms with van der Waals surface area (Å²) >= 11 is 0. The highest BCUT2D eigenvalue weighted by atomic mass is 16.6. The van der Waals surface area contributed by atoms with E-state index in [4.69, 9.17) is 4.74 Å². The average molecular weight is 318 g/mol. The monoisotopic (exact) mass is 318 g/mol. The van der Waals surface area contributed by atoms with Crippen LogP contribution in [0.2, 0.25) is 0 Å². The summed E-state index contributed by atoms with van der Waals surface area (Å²) in [6.07, 6.45) is -0.322. The first kappa shape index (κ1) is 15.6. The molecular weight excluding hydrogens is 296 g/mol. The van der Waals surface area contributed by atoms with Gasteiger partial charge < -0.3 is 20.1 Å². The molecule has 0 bridgehead atoms. The number of nitrogens with zero attached hydrogens (tertiary/aromatic N) is 1. The summed E-state index contributed by atoms with van der Waals surface area (Å²) in [6, 6.07) is 4.86. The van der Waals surface area contributed by atoms with Crippen LogP contribution in [0.15, 0.2) is 18.2 Å². The van der Waals surface area contributed by atoms with Crippen molar-refractivity contribution in [1.29, 1.82) is 0 Å². The van der Waals surface area contributed by atoms with E-state index in [1.54, 1.807) is 17.0 Å². The van der Waals surface area contributed by atoms with E-state index in [0.29, 0.717) is 25.2 Å². The number of phenols is 1. The topological polar surface area (TPSA) is 78.9 Å². The van der Waals surface area contributed by atoms with Gasteiger partial charge in [0.2, 0.25) is 0 Å². The standard InChI is InChI=1S/C17H22N2O4/c1-17(2,3)23-16(22)19-8-10-7-18-15(21)13-6-11(20)4-5-12(13)14(10)9-19/h4-6,10,14,20H,7-9H2,1-3H3,(H,18,21). The fraction of sp³-hybridized carbons (Fsp3) is 0.529. The lowest BCUT2D eigenvalue weighted by Crippen LogP contribution is -2.36. The Bertz CT molecular complexity index is 650. The van der Waals surface area contributed by atoms with Crippen molar-refractivity contribution in [2.75, 3.05) is 19.6 Å². The molecule has 6 nitrogen and oxygen atoms in total. The van der Waals surface area contributed by atoms with Crippen LogP contribution in [0, 0.1) is 5.92 Å². The largest absolute Gasteiger partial charge is 0.508 e. The summed E-state index contributed by atoms with van der Waals surface area (Å²) in [5.74, 6) is 0.114. The Morgan fingerprint density at radius 1 is 1.35 bits per heavy atom. The molecule has 2 aliphatic rings. The lowest BCUT2D eigenvalue weighted by Gasteiger charge is -2.24. The van der Waals surface area contributed by atoms with Gasteiger partial charge in [0, 0.05) is 37.0 Å². The maximum atomic E-state index is 12.3. The first-order valence-electron chi connectivity index (χ1n) is 7.83. The highest BCUT2D eigenvalue weighted by Crippen LogP contribution is 2.37. The Hall–Kier alpha value is -2.24. The molecule has 2 atom stereocenters. The molecular formula is C17H22N2O4. The summed E-state index contributed by atoms with van der Waals surface area (Å²) < 4.78 is 5.45. The predicted molar refractivity (Wildman–Crippen MR) is 84.5 cm³/mol. The number of amides is 2. The molecule has 0 radical (unpaired) electrons. The van der Waals surface area contributed by atoms with E-state index in [2.05, 4.69) is 5.32 Å². The van der Waals surface area contributed by atoms with Crippen LogP contribution in [-0.2, 0) is 4.74 Å². The lowest BCUT2D eigenvalue weighted by atomic mass is 9.87. The van der Waals surface area contributed by atoms with E-state index in [9.17, 15) is 14.7 Å². The number of aromatic hydroxyl groups is 1. The Kier molecular flexibility index (Phi) is 3.70. The number of ether oxygens (including phenoxy) is 1. The van der Waals surface area contributed by atoms with Crippen molar-refractivity contribution in [3.8, 4) is 5.75 Å². The number of phenolic OH excluding ortho intramolecular Hbond substituents is 1. The Morgan fingerprint density at radius 2 is 2.09 bits per heavy atom. The fourth-order valence-electron chi connectivity index (χ4n) is 3.29. The molecule has 1 fully saturated rings. The number of hydrogen-bond donors (Lipinski definition) is 2. The number of benzene rings is 1. The Morgan fingerprint density at radius 3 is 2.78 bits per heavy atom. The van der Waals surface area contributed by atoms with Gasteiger partial charge in [0.15, 0.2) is 0 Å².